The third-order valence-electron chi connectivity index (χ3n) is 1.01. The van der Waals surface area contributed by atoms with Gasteiger partial charge in [0.15, 0.2) is 0 Å². The van der Waals surface area contributed by atoms with Crippen LogP contribution in [-0.4, -0.2) is 18.5 Å². The first-order valence-electron chi connectivity index (χ1n) is 2.31. The van der Waals surface area contributed by atoms with Crippen LogP contribution in [0, 0.1) is 0 Å². The number of carbonyl (C=O) groups excluding carboxylic acids is 1. The van der Waals surface area contributed by atoms with Gasteiger partial charge in [-0.15, -0.1) is 0 Å². The predicted molar refractivity (Wildman–Crippen MR) is 25.6 cm³/mol. The van der Waals surface area contributed by atoms with E-state index < -0.39 is 0 Å². The van der Waals surface area contributed by atoms with Gasteiger partial charge in [-0.2, -0.15) is 0 Å². The first kappa shape index (κ1) is 4.59. The molecule has 0 aromatic carbocycles. The highest BCUT2D eigenvalue weighted by atomic mass is 16.1. The second kappa shape index (κ2) is 1.50. The number of nitrogens with one attached hydrogen (secondary N) is 1. The van der Waals surface area contributed by atoms with Crippen LogP contribution in [-0.2, 0) is 4.79 Å². The van der Waals surface area contributed by atoms with Gasteiger partial charge in [-0.25, -0.2) is 0 Å². The van der Waals surface area contributed by atoms with E-state index in [0.717, 1.165) is 0 Å². The zero-order valence-electron chi connectivity index (χ0n) is 3.98. The van der Waals surface area contributed by atoms with Crippen molar-refractivity contribution in [1.82, 2.24) is 5.32 Å². The van der Waals surface area contributed by atoms with Crippen molar-refractivity contribution in [3.05, 3.63) is 0 Å². The molecule has 1 fully saturated rings. The Bertz CT molecular complexity index is 91.7. The molecule has 0 unspecified atom stereocenters. The normalized spacial score (nSPS) is 30.4. The van der Waals surface area contributed by atoms with Crippen LogP contribution in [0.15, 0.2) is 0 Å². The Hall–Kier alpha value is -0.570. The lowest BCUT2D eigenvalue weighted by molar-refractivity contribution is -0.119. The number of hydrogen-bond acceptors (Lipinski definition) is 2. The van der Waals surface area contributed by atoms with E-state index >= 15 is 0 Å². The molecule has 1 aliphatic heterocycles. The van der Waals surface area contributed by atoms with E-state index in [1.54, 1.807) is 0 Å². The lowest BCUT2D eigenvalue weighted by atomic mass is 10.3. The standard InChI is InChI=1S/C4H8N2O/c5-3-1-4(7)6-2-3/h3H,1-2,5H2,(H,6,7)/t3-/m1/s1. The number of hydrogen-bond donors (Lipinski definition) is 2. The Labute approximate surface area is 41.9 Å². The highest BCUT2D eigenvalue weighted by molar-refractivity contribution is 5.78. The molecular weight excluding hydrogens is 92.1 g/mol. The third kappa shape index (κ3) is 0.899. The first-order chi connectivity index (χ1) is 3.29. The summed E-state index contributed by atoms with van der Waals surface area (Å²) in [5.41, 5.74) is 5.34. The van der Waals surface area contributed by atoms with Crippen molar-refractivity contribution in [2.45, 2.75) is 12.5 Å². The Balaban J connectivity index is 2.40. The molecule has 0 bridgehead atoms. The smallest absolute Gasteiger partial charge is 0.221 e. The van der Waals surface area contributed by atoms with Crippen LogP contribution >= 0.6 is 0 Å². The van der Waals surface area contributed by atoms with E-state index in [-0.39, 0.29) is 11.9 Å². The van der Waals surface area contributed by atoms with Crippen LogP contribution in [0.25, 0.3) is 0 Å². The topological polar surface area (TPSA) is 55.1 Å². The molecule has 3 nitrogen and oxygen atoms in total. The first-order valence-corrected chi connectivity index (χ1v) is 2.31. The molecule has 0 aromatic rings. The molecule has 7 heavy (non-hydrogen) atoms. The second-order valence-electron chi connectivity index (χ2n) is 1.77. The fourth-order valence-corrected chi connectivity index (χ4v) is 0.627. The van der Waals surface area contributed by atoms with Crippen molar-refractivity contribution in [2.75, 3.05) is 6.54 Å². The molecule has 1 heterocycles. The molecule has 3 N–H and O–H groups in total. The Morgan fingerprint density at radius 2 is 2.57 bits per heavy atom. The minimum absolute atomic E-state index is 0.0625. The van der Waals surface area contributed by atoms with E-state index in [0.29, 0.717) is 13.0 Å². The fraction of sp³-hybridized carbons (Fsp3) is 0.750. The van der Waals surface area contributed by atoms with E-state index in [2.05, 4.69) is 5.32 Å². The van der Waals surface area contributed by atoms with Crippen molar-refractivity contribution in [3.8, 4) is 0 Å². The van der Waals surface area contributed by atoms with E-state index in [4.69, 9.17) is 5.73 Å². The van der Waals surface area contributed by atoms with Crippen molar-refractivity contribution in [1.29, 1.82) is 0 Å². The monoisotopic (exact) mass is 100 g/mol. The van der Waals surface area contributed by atoms with Gasteiger partial charge in [0.25, 0.3) is 0 Å². The average molecular weight is 100 g/mol. The van der Waals surface area contributed by atoms with Crippen molar-refractivity contribution >= 4 is 5.91 Å². The van der Waals surface area contributed by atoms with Crippen molar-refractivity contribution in [2.24, 2.45) is 5.73 Å². The maximum atomic E-state index is 10.3. The molecule has 1 atom stereocenters. The molecule has 1 saturated heterocycles. The van der Waals surface area contributed by atoms with Crippen molar-refractivity contribution in [3.63, 3.8) is 0 Å². The molecule has 0 radical (unpaired) electrons. The summed E-state index contributed by atoms with van der Waals surface area (Å²) in [4.78, 5) is 10.3. The lowest BCUT2D eigenvalue weighted by Crippen LogP contribution is -2.22. The zero-order chi connectivity index (χ0) is 5.28. The van der Waals surface area contributed by atoms with Crippen LogP contribution in [0.3, 0.4) is 0 Å². The fourth-order valence-electron chi connectivity index (χ4n) is 0.627. The maximum absolute atomic E-state index is 10.3. The maximum Gasteiger partial charge on any atom is 0.221 e. The van der Waals surface area contributed by atoms with Crippen LogP contribution < -0.4 is 11.1 Å². The van der Waals surface area contributed by atoms with Gasteiger partial charge >= 0.3 is 0 Å². The van der Waals surface area contributed by atoms with Crippen LogP contribution in [0.4, 0.5) is 0 Å². The Morgan fingerprint density at radius 3 is 2.71 bits per heavy atom. The molecule has 40 valence electrons. The number of amides is 1. The lowest BCUT2D eigenvalue weighted by Gasteiger charge is -1.90. The van der Waals surface area contributed by atoms with Gasteiger partial charge in [-0.3, -0.25) is 4.79 Å². The van der Waals surface area contributed by atoms with E-state index in [9.17, 15) is 4.79 Å². The van der Waals surface area contributed by atoms with Crippen LogP contribution in [0.1, 0.15) is 6.42 Å². The van der Waals surface area contributed by atoms with Gasteiger partial charge in [0.2, 0.25) is 5.91 Å². The minimum atomic E-state index is 0.0625. The number of carbonyl (C=O) groups is 1. The molecule has 0 spiro atoms. The molecular formula is C4H8N2O. The largest absolute Gasteiger partial charge is 0.354 e. The summed E-state index contributed by atoms with van der Waals surface area (Å²) >= 11 is 0. The highest BCUT2D eigenvalue weighted by Crippen LogP contribution is 1.92. The van der Waals surface area contributed by atoms with Gasteiger partial charge in [-0.1, -0.05) is 0 Å². The summed E-state index contributed by atoms with van der Waals surface area (Å²) in [5, 5.41) is 2.61. The minimum Gasteiger partial charge on any atom is -0.354 e. The van der Waals surface area contributed by atoms with Gasteiger partial charge in [0.05, 0.1) is 0 Å². The van der Waals surface area contributed by atoms with Crippen molar-refractivity contribution < 1.29 is 4.79 Å². The summed E-state index contributed by atoms with van der Waals surface area (Å²) < 4.78 is 0. The molecule has 1 amide bonds. The number of rotatable bonds is 0. The van der Waals surface area contributed by atoms with Gasteiger partial charge in [-0.05, 0) is 0 Å². The summed E-state index contributed by atoms with van der Waals surface area (Å²) in [7, 11) is 0. The Kier molecular flexibility index (Phi) is 0.982. The summed E-state index contributed by atoms with van der Waals surface area (Å²) in [6, 6.07) is 0.0625. The highest BCUT2D eigenvalue weighted by Gasteiger charge is 2.15. The molecule has 0 saturated carbocycles. The molecule has 3 heteroatoms. The zero-order valence-corrected chi connectivity index (χ0v) is 3.98. The Morgan fingerprint density at radius 1 is 1.86 bits per heavy atom. The predicted octanol–water partition coefficient (Wildman–Crippen LogP) is -1.17. The molecule has 1 aliphatic rings. The van der Waals surface area contributed by atoms with E-state index in [1.807, 2.05) is 0 Å². The van der Waals surface area contributed by atoms with Crippen LogP contribution in [0.5, 0.6) is 0 Å². The second-order valence-corrected chi connectivity index (χ2v) is 1.77. The molecule has 1 rings (SSSR count). The molecule has 0 aromatic heterocycles. The van der Waals surface area contributed by atoms with Gasteiger partial charge in [0, 0.05) is 19.0 Å². The van der Waals surface area contributed by atoms with E-state index in [1.165, 1.54) is 0 Å². The quantitative estimate of drug-likeness (QED) is 0.403. The average Bonchev–Trinajstić information content (AvgIpc) is 1.87. The van der Waals surface area contributed by atoms with Gasteiger partial charge in [0.1, 0.15) is 0 Å². The third-order valence-corrected chi connectivity index (χ3v) is 1.01. The SMILES string of the molecule is N[C@H]1CNC(=O)C1. The summed E-state index contributed by atoms with van der Waals surface area (Å²) in [6.07, 6.45) is 0.500. The number of nitrogens with two attached hydrogens (primary N) is 1. The molecule has 0 aliphatic carbocycles. The van der Waals surface area contributed by atoms with Gasteiger partial charge < -0.3 is 11.1 Å². The summed E-state index contributed by atoms with van der Waals surface area (Å²) in [5.74, 6) is 0.0764. The summed E-state index contributed by atoms with van der Waals surface area (Å²) in [6.45, 7) is 0.652. The van der Waals surface area contributed by atoms with Crippen LogP contribution in [0.2, 0.25) is 0 Å².